The van der Waals surface area contributed by atoms with Gasteiger partial charge in [-0.15, -0.1) is 0 Å². The van der Waals surface area contributed by atoms with E-state index in [1.807, 2.05) is 20.8 Å². The highest BCUT2D eigenvalue weighted by Gasteiger charge is 2.30. The van der Waals surface area contributed by atoms with E-state index >= 15 is 0 Å². The first-order chi connectivity index (χ1) is 9.88. The van der Waals surface area contributed by atoms with Gasteiger partial charge in [0.25, 0.3) is 5.91 Å². The molecule has 2 amide bonds. The van der Waals surface area contributed by atoms with Crippen molar-refractivity contribution in [2.75, 3.05) is 13.1 Å². The van der Waals surface area contributed by atoms with E-state index in [1.54, 1.807) is 17.9 Å². The zero-order chi connectivity index (χ0) is 15.6. The maximum atomic E-state index is 12.6. The SMILES string of the molecule is Cc1cc(C(=O)N2CCCC(C(=O)NC(C)C)C2)c(C)o1. The Balaban J connectivity index is 2.05. The first kappa shape index (κ1) is 15.6. The summed E-state index contributed by atoms with van der Waals surface area (Å²) in [5.74, 6) is 1.28. The molecule has 1 fully saturated rings. The number of nitrogens with one attached hydrogen (secondary N) is 1. The van der Waals surface area contributed by atoms with Crippen LogP contribution >= 0.6 is 0 Å². The Labute approximate surface area is 125 Å². The van der Waals surface area contributed by atoms with Gasteiger partial charge in [0.15, 0.2) is 0 Å². The molecule has 0 radical (unpaired) electrons. The molecular formula is C16H24N2O3. The van der Waals surface area contributed by atoms with Crippen LogP contribution in [0.25, 0.3) is 0 Å². The minimum Gasteiger partial charge on any atom is -0.466 e. The second-order valence-corrected chi connectivity index (χ2v) is 6.08. The van der Waals surface area contributed by atoms with Crippen LogP contribution in [-0.2, 0) is 4.79 Å². The Morgan fingerprint density at radius 3 is 2.67 bits per heavy atom. The highest BCUT2D eigenvalue weighted by atomic mass is 16.3. The molecule has 116 valence electrons. The molecule has 1 aliphatic rings. The Bertz CT molecular complexity index is 534. The summed E-state index contributed by atoms with van der Waals surface area (Å²) in [5.41, 5.74) is 0.609. The molecule has 1 aromatic heterocycles. The highest BCUT2D eigenvalue weighted by Crippen LogP contribution is 2.22. The van der Waals surface area contributed by atoms with Gasteiger partial charge in [0, 0.05) is 19.1 Å². The fraction of sp³-hybridized carbons (Fsp3) is 0.625. The van der Waals surface area contributed by atoms with E-state index in [9.17, 15) is 9.59 Å². The van der Waals surface area contributed by atoms with Gasteiger partial charge in [0.2, 0.25) is 5.91 Å². The first-order valence-electron chi connectivity index (χ1n) is 7.55. The number of rotatable bonds is 3. The van der Waals surface area contributed by atoms with Gasteiger partial charge >= 0.3 is 0 Å². The molecule has 1 saturated heterocycles. The van der Waals surface area contributed by atoms with E-state index in [0.717, 1.165) is 18.6 Å². The number of likely N-dealkylation sites (tertiary alicyclic amines) is 1. The normalized spacial score (nSPS) is 18.9. The Kier molecular flexibility index (Phi) is 4.70. The van der Waals surface area contributed by atoms with Crippen molar-refractivity contribution in [3.8, 4) is 0 Å². The van der Waals surface area contributed by atoms with E-state index in [0.29, 0.717) is 24.4 Å². The van der Waals surface area contributed by atoms with Crippen molar-refractivity contribution in [1.82, 2.24) is 10.2 Å². The Hall–Kier alpha value is -1.78. The van der Waals surface area contributed by atoms with Gasteiger partial charge < -0.3 is 14.6 Å². The predicted octanol–water partition coefficient (Wildman–Crippen LogP) is 2.27. The summed E-state index contributed by atoms with van der Waals surface area (Å²) in [4.78, 5) is 26.4. The topological polar surface area (TPSA) is 62.6 Å². The molecular weight excluding hydrogens is 268 g/mol. The summed E-state index contributed by atoms with van der Waals surface area (Å²) < 4.78 is 5.43. The lowest BCUT2D eigenvalue weighted by Crippen LogP contribution is -2.46. The average molecular weight is 292 g/mol. The van der Waals surface area contributed by atoms with Crippen LogP contribution in [0, 0.1) is 19.8 Å². The van der Waals surface area contributed by atoms with Crippen LogP contribution in [0.3, 0.4) is 0 Å². The van der Waals surface area contributed by atoms with Crippen molar-refractivity contribution < 1.29 is 14.0 Å². The second kappa shape index (κ2) is 6.33. The number of carbonyl (C=O) groups is 2. The van der Waals surface area contributed by atoms with Crippen LogP contribution < -0.4 is 5.32 Å². The van der Waals surface area contributed by atoms with E-state index in [2.05, 4.69) is 5.32 Å². The molecule has 1 atom stereocenters. The van der Waals surface area contributed by atoms with E-state index < -0.39 is 0 Å². The third-order valence-corrected chi connectivity index (χ3v) is 3.78. The molecule has 1 aliphatic heterocycles. The molecule has 5 heteroatoms. The van der Waals surface area contributed by atoms with Crippen LogP contribution in [0.1, 0.15) is 48.6 Å². The van der Waals surface area contributed by atoms with Gasteiger partial charge in [0.1, 0.15) is 11.5 Å². The van der Waals surface area contributed by atoms with Crippen LogP contribution in [0.4, 0.5) is 0 Å². The number of hydrogen-bond acceptors (Lipinski definition) is 3. The van der Waals surface area contributed by atoms with Crippen molar-refractivity contribution in [2.24, 2.45) is 5.92 Å². The van der Waals surface area contributed by atoms with Gasteiger partial charge in [-0.05, 0) is 46.6 Å². The number of hydrogen-bond donors (Lipinski definition) is 1. The van der Waals surface area contributed by atoms with Crippen molar-refractivity contribution in [3.05, 3.63) is 23.2 Å². The number of piperidine rings is 1. The number of amides is 2. The minimum atomic E-state index is -0.113. The van der Waals surface area contributed by atoms with Crippen LogP contribution in [-0.4, -0.2) is 35.8 Å². The van der Waals surface area contributed by atoms with Gasteiger partial charge in [-0.3, -0.25) is 9.59 Å². The monoisotopic (exact) mass is 292 g/mol. The molecule has 1 N–H and O–H groups in total. The maximum absolute atomic E-state index is 12.6. The molecule has 1 aromatic rings. The summed E-state index contributed by atoms with van der Waals surface area (Å²) in [6.07, 6.45) is 1.70. The highest BCUT2D eigenvalue weighted by molar-refractivity contribution is 5.95. The lowest BCUT2D eigenvalue weighted by Gasteiger charge is -2.32. The number of nitrogens with zero attached hydrogens (tertiary/aromatic N) is 1. The predicted molar refractivity (Wildman–Crippen MR) is 80.1 cm³/mol. The summed E-state index contributed by atoms with van der Waals surface area (Å²) in [6, 6.07) is 1.90. The zero-order valence-corrected chi connectivity index (χ0v) is 13.2. The van der Waals surface area contributed by atoms with Crippen LogP contribution in [0.5, 0.6) is 0 Å². The van der Waals surface area contributed by atoms with Gasteiger partial charge in [-0.1, -0.05) is 0 Å². The van der Waals surface area contributed by atoms with Crippen molar-refractivity contribution in [1.29, 1.82) is 0 Å². The average Bonchev–Trinajstić information content (AvgIpc) is 2.76. The van der Waals surface area contributed by atoms with E-state index in [4.69, 9.17) is 4.42 Å². The molecule has 0 bridgehead atoms. The molecule has 21 heavy (non-hydrogen) atoms. The molecule has 5 nitrogen and oxygen atoms in total. The smallest absolute Gasteiger partial charge is 0.257 e. The number of aryl methyl sites for hydroxylation is 2. The maximum Gasteiger partial charge on any atom is 0.257 e. The largest absolute Gasteiger partial charge is 0.466 e. The minimum absolute atomic E-state index is 0.0357. The summed E-state index contributed by atoms with van der Waals surface area (Å²) in [7, 11) is 0. The number of furan rings is 1. The third-order valence-electron chi connectivity index (χ3n) is 3.78. The lowest BCUT2D eigenvalue weighted by atomic mass is 9.96. The Morgan fingerprint density at radius 1 is 1.38 bits per heavy atom. The van der Waals surface area contributed by atoms with Crippen LogP contribution in [0.15, 0.2) is 10.5 Å². The van der Waals surface area contributed by atoms with Gasteiger partial charge in [-0.2, -0.15) is 0 Å². The fourth-order valence-corrected chi connectivity index (χ4v) is 2.79. The number of carbonyl (C=O) groups excluding carboxylic acids is 2. The van der Waals surface area contributed by atoms with Gasteiger partial charge in [0.05, 0.1) is 11.5 Å². The molecule has 0 saturated carbocycles. The van der Waals surface area contributed by atoms with E-state index in [1.165, 1.54) is 0 Å². The molecule has 1 unspecified atom stereocenters. The van der Waals surface area contributed by atoms with E-state index in [-0.39, 0.29) is 23.8 Å². The second-order valence-electron chi connectivity index (χ2n) is 6.08. The van der Waals surface area contributed by atoms with Crippen molar-refractivity contribution in [3.63, 3.8) is 0 Å². The molecule has 0 aliphatic carbocycles. The van der Waals surface area contributed by atoms with Crippen LogP contribution in [0.2, 0.25) is 0 Å². The van der Waals surface area contributed by atoms with Crippen molar-refractivity contribution >= 4 is 11.8 Å². The lowest BCUT2D eigenvalue weighted by molar-refractivity contribution is -0.126. The molecule has 2 heterocycles. The third kappa shape index (κ3) is 3.65. The standard InChI is InChI=1S/C16H24N2O3/c1-10(2)17-15(19)13-6-5-7-18(9-13)16(20)14-8-11(3)21-12(14)4/h8,10,13H,5-7,9H2,1-4H3,(H,17,19). The summed E-state index contributed by atoms with van der Waals surface area (Å²) in [5, 5.41) is 2.93. The quantitative estimate of drug-likeness (QED) is 0.929. The fourth-order valence-electron chi connectivity index (χ4n) is 2.79. The zero-order valence-electron chi connectivity index (χ0n) is 13.2. The van der Waals surface area contributed by atoms with Crippen molar-refractivity contribution in [2.45, 2.75) is 46.6 Å². The summed E-state index contributed by atoms with van der Waals surface area (Å²) in [6.45, 7) is 8.71. The Morgan fingerprint density at radius 2 is 2.10 bits per heavy atom. The summed E-state index contributed by atoms with van der Waals surface area (Å²) >= 11 is 0. The molecule has 0 spiro atoms. The van der Waals surface area contributed by atoms with Gasteiger partial charge in [-0.25, -0.2) is 0 Å². The molecule has 2 rings (SSSR count). The first-order valence-corrected chi connectivity index (χ1v) is 7.55. The molecule has 0 aromatic carbocycles.